The lowest BCUT2D eigenvalue weighted by atomic mass is 9.64. The summed E-state index contributed by atoms with van der Waals surface area (Å²) < 4.78 is 0. The van der Waals surface area contributed by atoms with Gasteiger partial charge in [0.1, 0.15) is 7.85 Å². The van der Waals surface area contributed by atoms with Gasteiger partial charge in [0.2, 0.25) is 0 Å². The summed E-state index contributed by atoms with van der Waals surface area (Å²) in [4.78, 5) is 0. The Labute approximate surface area is 137 Å². The highest BCUT2D eigenvalue weighted by Gasteiger charge is 2.29. The number of hydrogen-bond donors (Lipinski definition) is 0. The molecule has 3 rings (SSSR count). The van der Waals surface area contributed by atoms with Gasteiger partial charge < -0.3 is 0 Å². The minimum Gasteiger partial charge on any atom is -0.0769 e. The molecule has 1 heteroatoms. The van der Waals surface area contributed by atoms with Crippen LogP contribution in [-0.4, -0.2) is 7.85 Å². The smallest absolute Gasteiger partial charge is 0.0769 e. The minimum atomic E-state index is 0.479. The molecule has 2 aliphatic rings. The first-order chi connectivity index (χ1) is 10.4. The van der Waals surface area contributed by atoms with Crippen LogP contribution in [0.4, 0.5) is 0 Å². The summed E-state index contributed by atoms with van der Waals surface area (Å²) in [5, 5.41) is 0.479. The van der Waals surface area contributed by atoms with Gasteiger partial charge in [-0.1, -0.05) is 74.8 Å². The van der Waals surface area contributed by atoms with Gasteiger partial charge in [-0.25, -0.2) is 0 Å². The van der Waals surface area contributed by atoms with Gasteiger partial charge in [0.15, 0.2) is 0 Å². The van der Waals surface area contributed by atoms with Crippen molar-refractivity contribution < 1.29 is 0 Å². The molecule has 116 valence electrons. The van der Waals surface area contributed by atoms with Crippen molar-refractivity contribution in [2.75, 3.05) is 0 Å². The number of benzene rings is 1. The van der Waals surface area contributed by atoms with Crippen LogP contribution >= 0.6 is 0 Å². The maximum atomic E-state index is 2.59. The van der Waals surface area contributed by atoms with E-state index in [1.54, 1.807) is 5.57 Å². The largest absolute Gasteiger partial charge is 0.109 e. The van der Waals surface area contributed by atoms with Gasteiger partial charge in [0, 0.05) is 0 Å². The minimum absolute atomic E-state index is 0.479. The summed E-state index contributed by atoms with van der Waals surface area (Å²) in [5.41, 5.74) is 7.50. The molecule has 2 unspecified atom stereocenters. The molecule has 0 bridgehead atoms. The Bertz CT molecular complexity index is 633. The third kappa shape index (κ3) is 2.96. The fourth-order valence-electron chi connectivity index (χ4n) is 3.84. The van der Waals surface area contributed by atoms with Crippen LogP contribution in [0.25, 0.3) is 5.57 Å². The van der Waals surface area contributed by atoms with E-state index in [9.17, 15) is 0 Å². The maximum Gasteiger partial charge on any atom is 0.109 e. The summed E-state index contributed by atoms with van der Waals surface area (Å²) in [6.07, 6.45) is 10.2. The predicted molar refractivity (Wildman–Crippen MR) is 100 cm³/mol. The van der Waals surface area contributed by atoms with Gasteiger partial charge in [0.05, 0.1) is 0 Å². The van der Waals surface area contributed by atoms with Crippen LogP contribution in [-0.2, 0) is 6.42 Å². The van der Waals surface area contributed by atoms with E-state index in [1.807, 2.05) is 0 Å². The Kier molecular flexibility index (Phi) is 4.10. The molecule has 22 heavy (non-hydrogen) atoms. The number of rotatable bonds is 4. The molecule has 1 aromatic carbocycles. The molecule has 0 saturated heterocycles. The Morgan fingerprint density at radius 3 is 2.77 bits per heavy atom. The first-order valence-corrected chi connectivity index (χ1v) is 8.92. The molecule has 0 aliphatic heterocycles. The Hall–Kier alpha value is -1.24. The molecule has 2 aliphatic carbocycles. The second-order valence-electron chi connectivity index (χ2n) is 8.19. The van der Waals surface area contributed by atoms with E-state index in [2.05, 4.69) is 65.9 Å². The van der Waals surface area contributed by atoms with Gasteiger partial charge in [-0.05, 0) is 53.9 Å². The molecule has 0 fully saturated rings. The number of fused-ring (bicyclic) bond motifs is 3. The summed E-state index contributed by atoms with van der Waals surface area (Å²) in [6.45, 7) is 9.32. The van der Waals surface area contributed by atoms with Crippen molar-refractivity contribution in [2.24, 2.45) is 11.8 Å². The van der Waals surface area contributed by atoms with Gasteiger partial charge in [-0.3, -0.25) is 0 Å². The zero-order valence-corrected chi connectivity index (χ0v) is 14.9. The van der Waals surface area contributed by atoms with Crippen molar-refractivity contribution in [1.82, 2.24) is 0 Å². The van der Waals surface area contributed by atoms with E-state index >= 15 is 0 Å². The van der Waals surface area contributed by atoms with E-state index in [-0.39, 0.29) is 0 Å². The molecule has 0 heterocycles. The lowest BCUT2D eigenvalue weighted by Crippen LogP contribution is -2.16. The third-order valence-electron chi connectivity index (χ3n) is 5.91. The van der Waals surface area contributed by atoms with Crippen molar-refractivity contribution in [3.8, 4) is 0 Å². The van der Waals surface area contributed by atoms with Crippen molar-refractivity contribution in [1.29, 1.82) is 0 Å². The molecule has 0 spiro atoms. The van der Waals surface area contributed by atoms with Gasteiger partial charge in [0.25, 0.3) is 0 Å². The van der Waals surface area contributed by atoms with E-state index in [1.165, 1.54) is 41.5 Å². The SMILES string of the molecule is B[C@@](C)(CC)CCC1C=C2C(=CC1C)Cc1cc(C)ccc12. The zero-order valence-electron chi connectivity index (χ0n) is 14.9. The van der Waals surface area contributed by atoms with Crippen molar-refractivity contribution in [3.63, 3.8) is 0 Å². The van der Waals surface area contributed by atoms with Crippen LogP contribution in [0.1, 0.15) is 56.7 Å². The van der Waals surface area contributed by atoms with E-state index in [4.69, 9.17) is 0 Å². The predicted octanol–water partition coefficient (Wildman–Crippen LogP) is 5.13. The van der Waals surface area contributed by atoms with E-state index in [0.717, 1.165) is 6.42 Å². The molecule has 0 N–H and O–H groups in total. The fourth-order valence-corrected chi connectivity index (χ4v) is 3.84. The highest BCUT2D eigenvalue weighted by Crippen LogP contribution is 2.44. The first-order valence-electron chi connectivity index (χ1n) is 8.92. The van der Waals surface area contributed by atoms with E-state index < -0.39 is 0 Å². The standard InChI is InChI=1S/C21H29B/c1-5-21(4,22)9-8-16-13-20-18(11-15(16)3)12-17-10-14(2)6-7-19(17)20/h6-7,10-11,13,15-16H,5,8-9,12,22H2,1-4H3/t15?,16?,21-/m0/s1. The highest BCUT2D eigenvalue weighted by molar-refractivity contribution is 6.14. The number of aryl methyl sites for hydroxylation is 1. The van der Waals surface area contributed by atoms with Crippen LogP contribution in [0.2, 0.25) is 5.31 Å². The van der Waals surface area contributed by atoms with Crippen LogP contribution in [0.3, 0.4) is 0 Å². The first kappa shape index (κ1) is 15.7. The van der Waals surface area contributed by atoms with Crippen LogP contribution in [0.5, 0.6) is 0 Å². The second-order valence-corrected chi connectivity index (χ2v) is 8.19. The summed E-state index contributed by atoms with van der Waals surface area (Å²) in [6, 6.07) is 6.96. The molecule has 1 aromatic rings. The molecule has 0 amide bonds. The lowest BCUT2D eigenvalue weighted by Gasteiger charge is -2.29. The molecule has 0 saturated carbocycles. The molecule has 0 aromatic heterocycles. The van der Waals surface area contributed by atoms with Gasteiger partial charge in [-0.2, -0.15) is 0 Å². The Morgan fingerprint density at radius 1 is 1.27 bits per heavy atom. The van der Waals surface area contributed by atoms with Crippen LogP contribution in [0.15, 0.2) is 35.9 Å². The summed E-state index contributed by atoms with van der Waals surface area (Å²) >= 11 is 0. The van der Waals surface area contributed by atoms with Crippen molar-refractivity contribution >= 4 is 13.4 Å². The Morgan fingerprint density at radius 2 is 2.05 bits per heavy atom. The van der Waals surface area contributed by atoms with Crippen LogP contribution in [0, 0.1) is 18.8 Å². The molecule has 3 atom stereocenters. The summed E-state index contributed by atoms with van der Waals surface area (Å²) in [5.74, 6) is 1.39. The Balaban J connectivity index is 1.84. The maximum absolute atomic E-state index is 2.59. The third-order valence-corrected chi connectivity index (χ3v) is 5.91. The average Bonchev–Trinajstić information content (AvgIpc) is 2.81. The molecular formula is C21H29B. The number of hydrogen-bond acceptors (Lipinski definition) is 0. The molecule has 0 nitrogen and oxygen atoms in total. The molecule has 0 radical (unpaired) electrons. The topological polar surface area (TPSA) is 0 Å². The molecular weight excluding hydrogens is 263 g/mol. The fraction of sp³-hybridized carbons (Fsp3) is 0.524. The zero-order chi connectivity index (χ0) is 15.9. The quantitative estimate of drug-likeness (QED) is 0.675. The van der Waals surface area contributed by atoms with Crippen LogP contribution < -0.4 is 0 Å². The normalized spacial score (nSPS) is 25.8. The van der Waals surface area contributed by atoms with E-state index in [0.29, 0.717) is 17.2 Å². The monoisotopic (exact) mass is 292 g/mol. The summed E-state index contributed by atoms with van der Waals surface area (Å²) in [7, 11) is 2.41. The van der Waals surface area contributed by atoms with Gasteiger partial charge in [-0.15, -0.1) is 0 Å². The van der Waals surface area contributed by atoms with Crippen molar-refractivity contribution in [3.05, 3.63) is 52.6 Å². The van der Waals surface area contributed by atoms with Crippen molar-refractivity contribution in [2.45, 2.75) is 58.7 Å². The van der Waals surface area contributed by atoms with Gasteiger partial charge >= 0.3 is 0 Å². The average molecular weight is 292 g/mol. The number of allylic oxidation sites excluding steroid dienone is 4. The highest BCUT2D eigenvalue weighted by atomic mass is 14.3. The second kappa shape index (κ2) is 5.76. The lowest BCUT2D eigenvalue weighted by molar-refractivity contribution is 0.408.